The highest BCUT2D eigenvalue weighted by atomic mass is 35.5. The summed E-state index contributed by atoms with van der Waals surface area (Å²) in [4.78, 5) is 54.0. The van der Waals surface area contributed by atoms with E-state index in [2.05, 4.69) is 10.3 Å². The first-order chi connectivity index (χ1) is 29.4. The Kier molecular flexibility index (Phi) is 13.0. The number of rotatable bonds is 16. The zero-order valence-electron chi connectivity index (χ0n) is 34.3. The first-order valence-electron chi connectivity index (χ1n) is 21.6. The van der Waals surface area contributed by atoms with Gasteiger partial charge in [0.25, 0.3) is 17.4 Å². The number of pyridine rings is 1. The normalized spacial score (nSPS) is 18.3. The van der Waals surface area contributed by atoms with Crippen LogP contribution in [0.3, 0.4) is 0 Å². The fraction of sp³-hybridized carbons (Fsp3) is 0.468. The number of benzene rings is 3. The number of alkyl halides is 2. The molecule has 1 saturated carbocycles. The molecule has 2 saturated heterocycles. The van der Waals surface area contributed by atoms with Gasteiger partial charge < -0.3 is 25.0 Å². The Morgan fingerprint density at radius 3 is 2.43 bits per heavy atom. The van der Waals surface area contributed by atoms with Crippen molar-refractivity contribution >= 4 is 45.2 Å². The number of aromatic nitrogens is 3. The van der Waals surface area contributed by atoms with Crippen LogP contribution in [0, 0.1) is 5.92 Å². The van der Waals surface area contributed by atoms with E-state index in [1.165, 1.54) is 10.9 Å². The largest absolute Gasteiger partial charge is 0.493 e. The summed E-state index contributed by atoms with van der Waals surface area (Å²) in [6, 6.07) is 22.3. The quantitative estimate of drug-likeness (QED) is 0.0984. The van der Waals surface area contributed by atoms with Gasteiger partial charge in [0.2, 0.25) is 5.91 Å². The van der Waals surface area contributed by atoms with Crippen molar-refractivity contribution in [3.63, 3.8) is 0 Å². The van der Waals surface area contributed by atoms with E-state index in [0.717, 1.165) is 29.5 Å². The van der Waals surface area contributed by atoms with E-state index in [1.54, 1.807) is 30.3 Å². The highest BCUT2D eigenvalue weighted by molar-refractivity contribution is 6.35. The standard InChI is InChI=1S/C47H53ClF2N6O5/c48-39-29-40(33-9-10-33)53-42-27-34(11-13-37(39)42)43(57)51-19-4-8-35(26-32-6-2-1-3-7-32)44(58)55-23-15-46(60,16-24-55)30-56-31-52-41-28-36(12-14-38(41)45(56)59)61-25-5-20-54-21-17-47(49,50)18-22-54/h1-3,6-7,11-14,27-29,31,33,35,60H,4-5,8-10,15-26,30H2,(H,51,57)/t35-/m1/s1. The lowest BCUT2D eigenvalue weighted by Gasteiger charge is -2.39. The van der Waals surface area contributed by atoms with Gasteiger partial charge in [-0.25, -0.2) is 13.8 Å². The topological polar surface area (TPSA) is 130 Å². The zero-order valence-corrected chi connectivity index (χ0v) is 35.1. The molecule has 2 aliphatic heterocycles. The van der Waals surface area contributed by atoms with Gasteiger partial charge in [-0.2, -0.15) is 0 Å². The number of nitrogens with zero attached hydrogens (tertiary/aromatic N) is 5. The lowest BCUT2D eigenvalue weighted by atomic mass is 9.88. The number of fused-ring (bicyclic) bond motifs is 2. The van der Waals surface area contributed by atoms with Crippen LogP contribution in [-0.2, 0) is 17.8 Å². The van der Waals surface area contributed by atoms with Gasteiger partial charge in [-0.1, -0.05) is 48.0 Å². The molecule has 2 N–H and O–H groups in total. The molecule has 61 heavy (non-hydrogen) atoms. The summed E-state index contributed by atoms with van der Waals surface area (Å²) >= 11 is 6.53. The number of halogens is 3. The summed E-state index contributed by atoms with van der Waals surface area (Å²) in [6.07, 6.45) is 6.47. The number of carbonyl (C=O) groups is 2. The second-order valence-electron chi connectivity index (χ2n) is 17.1. The number of amides is 2. The van der Waals surface area contributed by atoms with Crippen molar-refractivity contribution in [2.75, 3.05) is 45.9 Å². The number of aliphatic hydroxyl groups is 1. The third-order valence-corrected chi connectivity index (χ3v) is 12.8. The SMILES string of the molecule is O=C(NCCC[C@H](Cc1ccccc1)C(=O)N1CCC(O)(Cn2cnc3cc(OCCCN4CCC(F)(F)CC4)ccc3c2=O)CC1)c1ccc2c(Cl)cc(C3CC3)nc2c1. The number of hydrogen-bond acceptors (Lipinski definition) is 8. The highest BCUT2D eigenvalue weighted by Crippen LogP contribution is 2.41. The molecule has 0 radical (unpaired) electrons. The first-order valence-corrected chi connectivity index (χ1v) is 22.0. The maximum absolute atomic E-state index is 14.1. The summed E-state index contributed by atoms with van der Waals surface area (Å²) in [6.45, 7) is 3.01. The molecule has 322 valence electrons. The monoisotopic (exact) mass is 854 g/mol. The van der Waals surface area contributed by atoms with Gasteiger partial charge >= 0.3 is 0 Å². The van der Waals surface area contributed by atoms with Gasteiger partial charge in [0.15, 0.2) is 0 Å². The Labute approximate surface area is 359 Å². The molecule has 3 aliphatic rings. The van der Waals surface area contributed by atoms with Crippen LogP contribution in [0.15, 0.2) is 83.9 Å². The minimum Gasteiger partial charge on any atom is -0.493 e. The lowest BCUT2D eigenvalue weighted by molar-refractivity contribution is -0.140. The molecule has 1 atom stereocenters. The van der Waals surface area contributed by atoms with Gasteiger partial charge in [0.1, 0.15) is 5.75 Å². The van der Waals surface area contributed by atoms with Crippen molar-refractivity contribution < 1.29 is 28.2 Å². The predicted octanol–water partition coefficient (Wildman–Crippen LogP) is 7.40. The number of ether oxygens (including phenoxy) is 1. The summed E-state index contributed by atoms with van der Waals surface area (Å²) in [5.74, 6) is -2.05. The van der Waals surface area contributed by atoms with Gasteiger partial charge in [-0.3, -0.25) is 23.9 Å². The number of hydrogen-bond donors (Lipinski definition) is 2. The molecule has 3 fully saturated rings. The van der Waals surface area contributed by atoms with E-state index >= 15 is 0 Å². The molecule has 0 bridgehead atoms. The van der Waals surface area contributed by atoms with Crippen molar-refractivity contribution in [2.24, 2.45) is 5.92 Å². The van der Waals surface area contributed by atoms with E-state index in [9.17, 15) is 28.3 Å². The summed E-state index contributed by atoms with van der Waals surface area (Å²) < 4.78 is 34.2. The Bertz CT molecular complexity index is 2410. The van der Waals surface area contributed by atoms with Crippen LogP contribution in [0.25, 0.3) is 21.8 Å². The van der Waals surface area contributed by atoms with Gasteiger partial charge in [-0.05, 0) is 87.3 Å². The summed E-state index contributed by atoms with van der Waals surface area (Å²) in [5.41, 5.74) is 2.25. The van der Waals surface area contributed by atoms with Gasteiger partial charge in [0, 0.05) is 86.7 Å². The van der Waals surface area contributed by atoms with Crippen molar-refractivity contribution in [3.05, 3.63) is 111 Å². The Morgan fingerprint density at radius 2 is 1.67 bits per heavy atom. The molecule has 1 aliphatic carbocycles. The number of carbonyl (C=O) groups excluding carboxylic acids is 2. The van der Waals surface area contributed by atoms with E-state index in [4.69, 9.17) is 21.3 Å². The number of piperidine rings is 2. The van der Waals surface area contributed by atoms with Crippen LogP contribution in [0.5, 0.6) is 5.75 Å². The number of likely N-dealkylation sites (tertiary alicyclic amines) is 2. The van der Waals surface area contributed by atoms with Crippen LogP contribution >= 0.6 is 11.6 Å². The molecule has 2 amide bonds. The average Bonchev–Trinajstić information content (AvgIpc) is 4.11. The molecular weight excluding hydrogens is 802 g/mol. The highest BCUT2D eigenvalue weighted by Gasteiger charge is 2.37. The Hall–Kier alpha value is -4.98. The zero-order chi connectivity index (χ0) is 42.6. The van der Waals surface area contributed by atoms with Crippen molar-refractivity contribution in [2.45, 2.75) is 88.2 Å². The van der Waals surface area contributed by atoms with Crippen molar-refractivity contribution in [3.8, 4) is 5.75 Å². The maximum Gasteiger partial charge on any atom is 0.261 e. The molecule has 14 heteroatoms. The molecule has 11 nitrogen and oxygen atoms in total. The van der Waals surface area contributed by atoms with Crippen LogP contribution < -0.4 is 15.6 Å². The average molecular weight is 855 g/mol. The van der Waals surface area contributed by atoms with E-state index in [0.29, 0.717) is 123 Å². The minimum absolute atomic E-state index is 0.0138. The van der Waals surface area contributed by atoms with E-state index < -0.39 is 11.5 Å². The third kappa shape index (κ3) is 10.7. The van der Waals surface area contributed by atoms with E-state index in [-0.39, 0.29) is 42.7 Å². The van der Waals surface area contributed by atoms with Crippen molar-refractivity contribution in [1.82, 2.24) is 29.7 Å². The van der Waals surface area contributed by atoms with E-state index in [1.807, 2.05) is 52.3 Å². The Balaban J connectivity index is 0.831. The molecule has 8 rings (SSSR count). The molecule has 3 aromatic carbocycles. The lowest BCUT2D eigenvalue weighted by Crippen LogP contribution is -2.51. The summed E-state index contributed by atoms with van der Waals surface area (Å²) in [7, 11) is 0. The molecule has 2 aromatic heterocycles. The molecule has 5 aromatic rings. The number of nitrogens with one attached hydrogen (secondary N) is 1. The van der Waals surface area contributed by atoms with Crippen LogP contribution in [0.2, 0.25) is 5.02 Å². The fourth-order valence-electron chi connectivity index (χ4n) is 8.60. The predicted molar refractivity (Wildman–Crippen MR) is 231 cm³/mol. The van der Waals surface area contributed by atoms with Gasteiger partial charge in [0.05, 0.1) is 46.5 Å². The van der Waals surface area contributed by atoms with Crippen LogP contribution in [0.4, 0.5) is 8.78 Å². The van der Waals surface area contributed by atoms with Crippen molar-refractivity contribution in [1.29, 1.82) is 0 Å². The molecule has 0 unspecified atom stereocenters. The van der Waals surface area contributed by atoms with Crippen LogP contribution in [-0.4, -0.2) is 98.7 Å². The third-order valence-electron chi connectivity index (χ3n) is 12.5. The molecule has 0 spiro atoms. The minimum atomic E-state index is -2.56. The smallest absolute Gasteiger partial charge is 0.261 e. The second kappa shape index (κ2) is 18.6. The van der Waals surface area contributed by atoms with Crippen LogP contribution in [0.1, 0.15) is 85.3 Å². The summed E-state index contributed by atoms with van der Waals surface area (Å²) in [5, 5.41) is 16.6. The molecule has 4 heterocycles. The van der Waals surface area contributed by atoms with Gasteiger partial charge in [-0.15, -0.1) is 0 Å². The fourth-order valence-corrected chi connectivity index (χ4v) is 8.87. The second-order valence-corrected chi connectivity index (χ2v) is 17.5. The Morgan fingerprint density at radius 1 is 0.918 bits per heavy atom. The maximum atomic E-state index is 14.1. The first kappa shape index (κ1) is 42.7. The molecular formula is C47H53ClF2N6O5.